The van der Waals surface area contributed by atoms with Crippen molar-refractivity contribution in [1.29, 1.82) is 0 Å². The lowest BCUT2D eigenvalue weighted by molar-refractivity contribution is 0.00554. The third-order valence-electron chi connectivity index (χ3n) is 2.75. The van der Waals surface area contributed by atoms with E-state index < -0.39 is 5.92 Å². The Balaban J connectivity index is 2.30. The van der Waals surface area contributed by atoms with Crippen LogP contribution in [0.4, 0.5) is 8.78 Å². The van der Waals surface area contributed by atoms with Crippen molar-refractivity contribution in [2.45, 2.75) is 38.2 Å². The molecule has 78 valence electrons. The molecule has 5 heteroatoms. The van der Waals surface area contributed by atoms with Gasteiger partial charge in [-0.05, 0) is 25.6 Å². The second-order valence-corrected chi connectivity index (χ2v) is 4.24. The van der Waals surface area contributed by atoms with E-state index >= 15 is 0 Å². The first kappa shape index (κ1) is 9.83. The lowest BCUT2D eigenvalue weighted by Crippen LogP contribution is -2.13. The van der Waals surface area contributed by atoms with Crippen LogP contribution in [0.5, 0.6) is 0 Å². The normalized spacial score (nSPS) is 25.5. The predicted octanol–water partition coefficient (Wildman–Crippen LogP) is 3.21. The van der Waals surface area contributed by atoms with Crippen LogP contribution in [0.15, 0.2) is 6.20 Å². The summed E-state index contributed by atoms with van der Waals surface area (Å²) in [7, 11) is 0. The summed E-state index contributed by atoms with van der Waals surface area (Å²) in [6, 6.07) is -0.135. The molecule has 2 rings (SSSR count). The quantitative estimate of drug-likeness (QED) is 0.718. The van der Waals surface area contributed by atoms with Crippen molar-refractivity contribution in [3.05, 3.63) is 16.7 Å². The van der Waals surface area contributed by atoms with Crippen LogP contribution in [0, 0.1) is 11.7 Å². The molecule has 1 unspecified atom stereocenters. The van der Waals surface area contributed by atoms with Gasteiger partial charge in [-0.25, -0.2) is 8.78 Å². The van der Waals surface area contributed by atoms with Crippen LogP contribution in [0.3, 0.4) is 0 Å². The van der Waals surface area contributed by atoms with E-state index in [-0.39, 0.29) is 18.9 Å². The van der Waals surface area contributed by atoms with Crippen LogP contribution in [0.1, 0.15) is 31.0 Å². The predicted molar refractivity (Wildman–Crippen MR) is 52.2 cm³/mol. The summed E-state index contributed by atoms with van der Waals surface area (Å²) in [5.41, 5.74) is 0.928. The van der Waals surface area contributed by atoms with E-state index in [1.165, 1.54) is 0 Å². The number of hydrogen-bond donors (Lipinski definition) is 1. The van der Waals surface area contributed by atoms with Gasteiger partial charge in [-0.1, -0.05) is 0 Å². The van der Waals surface area contributed by atoms with E-state index in [9.17, 15) is 8.78 Å². The number of H-pyrrole nitrogens is 1. The second-order valence-electron chi connectivity index (χ2n) is 3.86. The standard InChI is InChI=1S/C9H12F2N2S/c1-6-5-12-8(14)13(6)7-2-3-9(10,11)4-7/h5,7H,2-4H2,1H3,(H,12,14). The number of imidazole rings is 1. The molecule has 1 heterocycles. The molecule has 1 aromatic heterocycles. The van der Waals surface area contributed by atoms with Gasteiger partial charge in [-0.2, -0.15) is 0 Å². The molecule has 1 aromatic rings. The first-order valence-corrected chi connectivity index (χ1v) is 5.05. The number of rotatable bonds is 1. The van der Waals surface area contributed by atoms with Gasteiger partial charge in [0.2, 0.25) is 5.92 Å². The summed E-state index contributed by atoms with van der Waals surface area (Å²) >= 11 is 5.05. The van der Waals surface area contributed by atoms with Gasteiger partial charge in [0.15, 0.2) is 4.77 Å². The first-order valence-electron chi connectivity index (χ1n) is 4.64. The molecule has 0 radical (unpaired) electrons. The smallest absolute Gasteiger partial charge is 0.250 e. The van der Waals surface area contributed by atoms with Gasteiger partial charge >= 0.3 is 0 Å². The van der Waals surface area contributed by atoms with Crippen molar-refractivity contribution in [2.75, 3.05) is 0 Å². The summed E-state index contributed by atoms with van der Waals surface area (Å²) in [6.45, 7) is 1.88. The van der Waals surface area contributed by atoms with Gasteiger partial charge < -0.3 is 9.55 Å². The zero-order valence-electron chi connectivity index (χ0n) is 7.89. The zero-order chi connectivity index (χ0) is 10.3. The summed E-state index contributed by atoms with van der Waals surface area (Å²) in [5.74, 6) is -2.51. The number of nitrogens with zero attached hydrogens (tertiary/aromatic N) is 1. The molecule has 1 saturated carbocycles. The highest BCUT2D eigenvalue weighted by atomic mass is 32.1. The fourth-order valence-corrected chi connectivity index (χ4v) is 2.42. The zero-order valence-corrected chi connectivity index (χ0v) is 8.70. The van der Waals surface area contributed by atoms with Crippen molar-refractivity contribution in [3.8, 4) is 0 Å². The number of alkyl halides is 2. The molecule has 0 aliphatic heterocycles. The fraction of sp³-hybridized carbons (Fsp3) is 0.667. The van der Waals surface area contributed by atoms with Gasteiger partial charge in [-0.15, -0.1) is 0 Å². The van der Waals surface area contributed by atoms with Gasteiger partial charge in [0, 0.05) is 30.8 Å². The second kappa shape index (κ2) is 3.15. The largest absolute Gasteiger partial charge is 0.337 e. The number of aryl methyl sites for hydroxylation is 1. The monoisotopic (exact) mass is 218 g/mol. The molecule has 0 spiro atoms. The van der Waals surface area contributed by atoms with Crippen LogP contribution in [-0.4, -0.2) is 15.5 Å². The third kappa shape index (κ3) is 1.61. The highest BCUT2D eigenvalue weighted by molar-refractivity contribution is 7.71. The van der Waals surface area contributed by atoms with E-state index in [4.69, 9.17) is 12.2 Å². The molecule has 1 N–H and O–H groups in total. The Morgan fingerprint density at radius 2 is 2.36 bits per heavy atom. The topological polar surface area (TPSA) is 20.7 Å². The number of halogens is 2. The molecular formula is C9H12F2N2S. The number of nitrogens with one attached hydrogen (secondary N) is 1. The van der Waals surface area contributed by atoms with E-state index in [1.54, 1.807) is 10.8 Å². The fourth-order valence-electron chi connectivity index (χ4n) is 2.07. The van der Waals surface area contributed by atoms with Crippen LogP contribution in [0.25, 0.3) is 0 Å². The molecule has 1 fully saturated rings. The van der Waals surface area contributed by atoms with Crippen LogP contribution in [-0.2, 0) is 0 Å². The Bertz CT molecular complexity index is 394. The van der Waals surface area contributed by atoms with Gasteiger partial charge in [0.1, 0.15) is 0 Å². The van der Waals surface area contributed by atoms with Gasteiger partial charge in [-0.3, -0.25) is 0 Å². The average Bonchev–Trinajstić information content (AvgIpc) is 2.56. The summed E-state index contributed by atoms with van der Waals surface area (Å²) < 4.78 is 28.3. The Labute approximate surface area is 85.9 Å². The number of aromatic nitrogens is 2. The average molecular weight is 218 g/mol. The number of aromatic amines is 1. The maximum Gasteiger partial charge on any atom is 0.250 e. The first-order chi connectivity index (χ1) is 6.49. The highest BCUT2D eigenvalue weighted by Gasteiger charge is 2.40. The summed E-state index contributed by atoms with van der Waals surface area (Å²) in [5, 5.41) is 0. The van der Waals surface area contributed by atoms with Crippen LogP contribution in [0.2, 0.25) is 0 Å². The summed E-state index contributed by atoms with van der Waals surface area (Å²) in [6.07, 6.45) is 2.17. The Hall–Kier alpha value is -0.710. The molecule has 2 nitrogen and oxygen atoms in total. The van der Waals surface area contributed by atoms with Crippen molar-refractivity contribution in [2.24, 2.45) is 0 Å². The lowest BCUT2D eigenvalue weighted by atomic mass is 10.2. The molecule has 1 aliphatic rings. The molecule has 0 amide bonds. The Morgan fingerprint density at radius 1 is 1.64 bits per heavy atom. The Morgan fingerprint density at radius 3 is 2.79 bits per heavy atom. The van der Waals surface area contributed by atoms with Crippen molar-refractivity contribution in [3.63, 3.8) is 0 Å². The van der Waals surface area contributed by atoms with Crippen LogP contribution >= 0.6 is 12.2 Å². The Kier molecular flexibility index (Phi) is 2.21. The number of hydrogen-bond acceptors (Lipinski definition) is 1. The van der Waals surface area contributed by atoms with Crippen LogP contribution < -0.4 is 0 Å². The van der Waals surface area contributed by atoms with E-state index in [2.05, 4.69) is 4.98 Å². The van der Waals surface area contributed by atoms with Crippen molar-refractivity contribution in [1.82, 2.24) is 9.55 Å². The van der Waals surface area contributed by atoms with Gasteiger partial charge in [0.05, 0.1) is 0 Å². The third-order valence-corrected chi connectivity index (χ3v) is 3.06. The van der Waals surface area contributed by atoms with E-state index in [0.717, 1.165) is 5.69 Å². The minimum absolute atomic E-state index is 0.0237. The molecule has 0 saturated heterocycles. The molecule has 14 heavy (non-hydrogen) atoms. The molecule has 1 atom stereocenters. The SMILES string of the molecule is Cc1c[nH]c(=S)n1C1CCC(F)(F)C1. The van der Waals surface area contributed by atoms with E-state index in [1.807, 2.05) is 6.92 Å². The molecule has 1 aliphatic carbocycles. The minimum Gasteiger partial charge on any atom is -0.337 e. The minimum atomic E-state index is -2.51. The lowest BCUT2D eigenvalue weighted by Gasteiger charge is -2.14. The maximum absolute atomic E-state index is 13.0. The highest BCUT2D eigenvalue weighted by Crippen LogP contribution is 2.41. The van der Waals surface area contributed by atoms with Crippen molar-refractivity contribution >= 4 is 12.2 Å². The van der Waals surface area contributed by atoms with E-state index in [0.29, 0.717) is 11.2 Å². The molecule has 0 bridgehead atoms. The van der Waals surface area contributed by atoms with Gasteiger partial charge in [0.25, 0.3) is 0 Å². The molecular weight excluding hydrogens is 206 g/mol. The van der Waals surface area contributed by atoms with Crippen molar-refractivity contribution < 1.29 is 8.78 Å². The molecule has 0 aromatic carbocycles. The summed E-state index contributed by atoms with van der Waals surface area (Å²) in [4.78, 5) is 2.87. The maximum atomic E-state index is 13.0.